The molecule has 0 radical (unpaired) electrons. The molecule has 1 aromatic carbocycles. The van der Waals surface area contributed by atoms with Gasteiger partial charge in [0, 0.05) is 31.4 Å². The summed E-state index contributed by atoms with van der Waals surface area (Å²) in [5.74, 6) is 1.31. The molecule has 0 unspecified atom stereocenters. The lowest BCUT2D eigenvalue weighted by Gasteiger charge is -2.21. The first-order chi connectivity index (χ1) is 7.67. The van der Waals surface area contributed by atoms with E-state index >= 15 is 0 Å². The van der Waals surface area contributed by atoms with E-state index in [1.54, 1.807) is 0 Å². The number of alkyl halides is 2. The summed E-state index contributed by atoms with van der Waals surface area (Å²) in [6, 6.07) is 6.56. The number of benzene rings is 1. The second-order valence-electron chi connectivity index (χ2n) is 4.08. The molecular weight excluding hydrogens is 241 g/mol. The Bertz CT molecular complexity index is 320. The number of nitrogens with zero attached hydrogens (tertiary/aromatic N) is 1. The average Bonchev–Trinajstić information content (AvgIpc) is 2.24. The largest absolute Gasteiger partial charge is 0.297 e. The number of halogens is 2. The molecule has 0 aliphatic heterocycles. The molecule has 0 fully saturated rings. The van der Waals surface area contributed by atoms with Crippen molar-refractivity contribution in [1.82, 2.24) is 4.90 Å². The molecule has 0 saturated carbocycles. The van der Waals surface area contributed by atoms with Crippen molar-refractivity contribution in [3.05, 3.63) is 34.9 Å². The molecule has 0 heterocycles. The predicted octanol–water partition coefficient (Wildman–Crippen LogP) is 3.58. The quantitative estimate of drug-likeness (QED) is 0.706. The molecule has 0 aliphatic carbocycles. The predicted molar refractivity (Wildman–Crippen MR) is 72.6 cm³/mol. The summed E-state index contributed by atoms with van der Waals surface area (Å²) in [7, 11) is 0. The van der Waals surface area contributed by atoms with E-state index < -0.39 is 0 Å². The standard InChI is InChI=1S/C13H19Cl2N/c1-11-3-4-12(2)13(9-11)10-16(7-5-14)8-6-15/h3-4,9H,5-8,10H2,1-2H3. The van der Waals surface area contributed by atoms with E-state index in [4.69, 9.17) is 23.2 Å². The van der Waals surface area contributed by atoms with E-state index in [1.807, 2.05) is 0 Å². The Balaban J connectivity index is 2.71. The van der Waals surface area contributed by atoms with E-state index in [9.17, 15) is 0 Å². The smallest absolute Gasteiger partial charge is 0.0351 e. The van der Waals surface area contributed by atoms with E-state index in [2.05, 4.69) is 36.9 Å². The van der Waals surface area contributed by atoms with Crippen molar-refractivity contribution >= 4 is 23.2 Å². The Hall–Kier alpha value is -0.240. The minimum atomic E-state index is 0.655. The van der Waals surface area contributed by atoms with Gasteiger partial charge < -0.3 is 0 Å². The molecule has 16 heavy (non-hydrogen) atoms. The first-order valence-electron chi connectivity index (χ1n) is 5.57. The topological polar surface area (TPSA) is 3.24 Å². The number of hydrogen-bond donors (Lipinski definition) is 0. The van der Waals surface area contributed by atoms with Crippen LogP contribution >= 0.6 is 23.2 Å². The summed E-state index contributed by atoms with van der Waals surface area (Å²) >= 11 is 11.6. The van der Waals surface area contributed by atoms with Crippen molar-refractivity contribution in [1.29, 1.82) is 0 Å². The van der Waals surface area contributed by atoms with Crippen molar-refractivity contribution in [3.8, 4) is 0 Å². The molecule has 0 saturated heterocycles. The highest BCUT2D eigenvalue weighted by Gasteiger charge is 2.06. The molecule has 0 aromatic heterocycles. The lowest BCUT2D eigenvalue weighted by molar-refractivity contribution is 0.299. The fourth-order valence-corrected chi connectivity index (χ4v) is 2.20. The Kier molecular flexibility index (Phi) is 6.18. The summed E-state index contributed by atoms with van der Waals surface area (Å²) in [6.45, 7) is 6.99. The molecule has 0 atom stereocenters. The second-order valence-corrected chi connectivity index (χ2v) is 4.84. The molecule has 0 amide bonds. The van der Waals surface area contributed by atoms with Crippen LogP contribution in [0.25, 0.3) is 0 Å². The van der Waals surface area contributed by atoms with Crippen LogP contribution in [-0.2, 0) is 6.54 Å². The third-order valence-electron chi connectivity index (χ3n) is 2.70. The summed E-state index contributed by atoms with van der Waals surface area (Å²) in [4.78, 5) is 2.29. The van der Waals surface area contributed by atoms with Gasteiger partial charge in [-0.15, -0.1) is 23.2 Å². The zero-order valence-corrected chi connectivity index (χ0v) is 11.5. The summed E-state index contributed by atoms with van der Waals surface area (Å²) in [5, 5.41) is 0. The van der Waals surface area contributed by atoms with Crippen LogP contribution in [0.15, 0.2) is 18.2 Å². The summed E-state index contributed by atoms with van der Waals surface area (Å²) < 4.78 is 0. The minimum Gasteiger partial charge on any atom is -0.297 e. The highest BCUT2D eigenvalue weighted by Crippen LogP contribution is 2.13. The highest BCUT2D eigenvalue weighted by molar-refractivity contribution is 6.18. The zero-order valence-electron chi connectivity index (χ0n) is 9.97. The Morgan fingerprint density at radius 1 is 1.06 bits per heavy atom. The first-order valence-corrected chi connectivity index (χ1v) is 6.64. The van der Waals surface area contributed by atoms with Crippen molar-refractivity contribution < 1.29 is 0 Å². The molecular formula is C13H19Cl2N. The number of rotatable bonds is 6. The third kappa shape index (κ3) is 4.32. The van der Waals surface area contributed by atoms with Gasteiger partial charge in [-0.1, -0.05) is 23.8 Å². The fraction of sp³-hybridized carbons (Fsp3) is 0.538. The van der Waals surface area contributed by atoms with Gasteiger partial charge in [-0.3, -0.25) is 4.90 Å². The maximum absolute atomic E-state index is 5.78. The molecule has 0 bridgehead atoms. The maximum atomic E-state index is 5.78. The molecule has 3 heteroatoms. The molecule has 90 valence electrons. The van der Waals surface area contributed by atoms with Crippen LogP contribution in [0.4, 0.5) is 0 Å². The highest BCUT2D eigenvalue weighted by atomic mass is 35.5. The van der Waals surface area contributed by atoms with Crippen LogP contribution in [-0.4, -0.2) is 29.7 Å². The van der Waals surface area contributed by atoms with E-state index in [0.29, 0.717) is 11.8 Å². The van der Waals surface area contributed by atoms with Crippen molar-refractivity contribution in [2.24, 2.45) is 0 Å². The van der Waals surface area contributed by atoms with E-state index in [1.165, 1.54) is 16.7 Å². The first kappa shape index (κ1) is 13.8. The Morgan fingerprint density at radius 2 is 1.69 bits per heavy atom. The van der Waals surface area contributed by atoms with Gasteiger partial charge in [0.1, 0.15) is 0 Å². The molecule has 0 aliphatic rings. The van der Waals surface area contributed by atoms with Crippen LogP contribution in [0.2, 0.25) is 0 Å². The van der Waals surface area contributed by atoms with Gasteiger partial charge in [0.25, 0.3) is 0 Å². The fourth-order valence-electron chi connectivity index (χ4n) is 1.72. The van der Waals surface area contributed by atoms with Crippen LogP contribution in [0.1, 0.15) is 16.7 Å². The lowest BCUT2D eigenvalue weighted by Crippen LogP contribution is -2.27. The second kappa shape index (κ2) is 7.16. The number of hydrogen-bond acceptors (Lipinski definition) is 1. The van der Waals surface area contributed by atoms with E-state index in [-0.39, 0.29) is 0 Å². The van der Waals surface area contributed by atoms with Crippen LogP contribution in [0, 0.1) is 13.8 Å². The maximum Gasteiger partial charge on any atom is 0.0351 e. The molecule has 1 aromatic rings. The van der Waals surface area contributed by atoms with Gasteiger partial charge in [0.15, 0.2) is 0 Å². The van der Waals surface area contributed by atoms with E-state index in [0.717, 1.165) is 19.6 Å². The average molecular weight is 260 g/mol. The molecule has 1 nitrogen and oxygen atoms in total. The van der Waals surface area contributed by atoms with Gasteiger partial charge in [0.05, 0.1) is 0 Å². The third-order valence-corrected chi connectivity index (χ3v) is 3.04. The van der Waals surface area contributed by atoms with Crippen molar-refractivity contribution in [3.63, 3.8) is 0 Å². The molecule has 0 N–H and O–H groups in total. The summed E-state index contributed by atoms with van der Waals surface area (Å²) in [5.41, 5.74) is 4.01. The van der Waals surface area contributed by atoms with Gasteiger partial charge in [0.2, 0.25) is 0 Å². The normalized spacial score (nSPS) is 11.1. The lowest BCUT2D eigenvalue weighted by atomic mass is 10.1. The van der Waals surface area contributed by atoms with Crippen molar-refractivity contribution in [2.75, 3.05) is 24.8 Å². The Labute approximate surface area is 108 Å². The Morgan fingerprint density at radius 3 is 2.25 bits per heavy atom. The van der Waals surface area contributed by atoms with Gasteiger partial charge >= 0.3 is 0 Å². The van der Waals surface area contributed by atoms with Crippen LogP contribution in [0.3, 0.4) is 0 Å². The van der Waals surface area contributed by atoms with Crippen molar-refractivity contribution in [2.45, 2.75) is 20.4 Å². The summed E-state index contributed by atoms with van der Waals surface area (Å²) in [6.07, 6.45) is 0. The van der Waals surface area contributed by atoms with Crippen LogP contribution in [0.5, 0.6) is 0 Å². The molecule has 0 spiro atoms. The van der Waals surface area contributed by atoms with Gasteiger partial charge in [-0.2, -0.15) is 0 Å². The molecule has 1 rings (SSSR count). The van der Waals surface area contributed by atoms with Gasteiger partial charge in [-0.05, 0) is 25.0 Å². The zero-order chi connectivity index (χ0) is 12.0. The number of aryl methyl sites for hydroxylation is 2. The SMILES string of the molecule is Cc1ccc(C)c(CN(CCCl)CCCl)c1. The van der Waals surface area contributed by atoms with Crippen LogP contribution < -0.4 is 0 Å². The minimum absolute atomic E-state index is 0.655. The van der Waals surface area contributed by atoms with Gasteiger partial charge in [-0.25, -0.2) is 0 Å². The monoisotopic (exact) mass is 259 g/mol.